The molecule has 0 aromatic heterocycles. The first kappa shape index (κ1) is 16.8. The first-order valence-electron chi connectivity index (χ1n) is 8.40. The summed E-state index contributed by atoms with van der Waals surface area (Å²) < 4.78 is 0. The van der Waals surface area contributed by atoms with Crippen molar-refractivity contribution >= 4 is 18.8 Å². The van der Waals surface area contributed by atoms with E-state index in [9.17, 15) is 0 Å². The number of fused-ring (bicyclic) bond motifs is 1. The largest absolute Gasteiger partial charge is 0.146 e. The van der Waals surface area contributed by atoms with Crippen molar-refractivity contribution < 1.29 is 0 Å². The van der Waals surface area contributed by atoms with Gasteiger partial charge in [-0.25, -0.2) is 0 Å². The third-order valence-electron chi connectivity index (χ3n) is 5.07. The first-order valence-corrected chi connectivity index (χ1v) is 10.6. The highest BCUT2D eigenvalue weighted by molar-refractivity contribution is 6.90. The Labute approximate surface area is 137 Å². The predicted octanol–water partition coefficient (Wildman–Crippen LogP) is 6.41. The van der Waals surface area contributed by atoms with Gasteiger partial charge in [0, 0.05) is 5.56 Å². The van der Waals surface area contributed by atoms with E-state index in [-0.39, 0.29) is 0 Å². The third kappa shape index (κ3) is 2.99. The summed E-state index contributed by atoms with van der Waals surface area (Å²) in [6.45, 7) is 14.2. The van der Waals surface area contributed by atoms with Crippen LogP contribution in [0.2, 0.25) is 16.6 Å². The van der Waals surface area contributed by atoms with Gasteiger partial charge >= 0.3 is 0 Å². The molecule has 0 saturated heterocycles. The highest BCUT2D eigenvalue weighted by Gasteiger charge is 2.41. The summed E-state index contributed by atoms with van der Waals surface area (Å²) in [6, 6.07) is 15.0. The lowest BCUT2D eigenvalue weighted by Crippen LogP contribution is -2.43. The van der Waals surface area contributed by atoms with Gasteiger partial charge in [0.1, 0.15) is 8.07 Å². The van der Waals surface area contributed by atoms with Crippen LogP contribution in [0.25, 0.3) is 10.8 Å². The Morgan fingerprint density at radius 1 is 0.727 bits per heavy atom. The van der Waals surface area contributed by atoms with Crippen LogP contribution < -0.4 is 0 Å². The van der Waals surface area contributed by atoms with Gasteiger partial charge in [0.2, 0.25) is 0 Å². The molecular weight excluding hydrogens is 280 g/mol. The van der Waals surface area contributed by atoms with Gasteiger partial charge in [-0.05, 0) is 33.5 Å². The van der Waals surface area contributed by atoms with E-state index in [1.807, 2.05) is 0 Å². The van der Waals surface area contributed by atoms with Crippen LogP contribution in [0.15, 0.2) is 42.5 Å². The Morgan fingerprint density at radius 3 is 1.86 bits per heavy atom. The van der Waals surface area contributed by atoms with E-state index in [1.165, 1.54) is 16.3 Å². The Hall–Kier alpha value is -1.52. The van der Waals surface area contributed by atoms with Gasteiger partial charge in [-0.3, -0.25) is 0 Å². The van der Waals surface area contributed by atoms with Crippen LogP contribution in [0.4, 0.5) is 0 Å². The highest BCUT2D eigenvalue weighted by atomic mass is 28.3. The summed E-state index contributed by atoms with van der Waals surface area (Å²) in [6.07, 6.45) is 0. The molecule has 0 nitrogen and oxygen atoms in total. The molecule has 2 aromatic rings. The van der Waals surface area contributed by atoms with E-state index in [0.717, 1.165) is 0 Å². The average molecular weight is 309 g/mol. The maximum Gasteiger partial charge on any atom is 0.146 e. The molecule has 0 amide bonds. The third-order valence-corrected chi connectivity index (χ3v) is 11.4. The van der Waals surface area contributed by atoms with Crippen LogP contribution in [-0.4, -0.2) is 8.07 Å². The fraction of sp³-hybridized carbons (Fsp3) is 0.429. The average Bonchev–Trinajstić information content (AvgIpc) is 2.47. The molecule has 0 spiro atoms. The van der Waals surface area contributed by atoms with Gasteiger partial charge in [0.25, 0.3) is 0 Å². The van der Waals surface area contributed by atoms with Crippen molar-refractivity contribution in [2.75, 3.05) is 0 Å². The molecule has 0 N–H and O–H groups in total. The minimum absolute atomic E-state index is 0.676. The second-order valence-electron chi connectivity index (χ2n) is 7.17. The Bertz CT molecular complexity index is 671. The van der Waals surface area contributed by atoms with E-state index >= 15 is 0 Å². The lowest BCUT2D eigenvalue weighted by Gasteiger charge is -2.38. The molecule has 0 saturated carbocycles. The molecular formula is C21H28Si. The fourth-order valence-electron chi connectivity index (χ4n) is 3.94. The molecule has 0 atom stereocenters. The van der Waals surface area contributed by atoms with E-state index in [0.29, 0.717) is 16.6 Å². The van der Waals surface area contributed by atoms with Gasteiger partial charge in [-0.15, -0.1) is 5.54 Å². The summed E-state index contributed by atoms with van der Waals surface area (Å²) in [4.78, 5) is 0. The monoisotopic (exact) mass is 308 g/mol. The van der Waals surface area contributed by atoms with Gasteiger partial charge in [-0.2, -0.15) is 0 Å². The Morgan fingerprint density at radius 2 is 1.27 bits per heavy atom. The molecule has 2 rings (SSSR count). The quantitative estimate of drug-likeness (QED) is 0.454. The molecule has 1 heteroatoms. The minimum Gasteiger partial charge on any atom is -0.125 e. The van der Waals surface area contributed by atoms with Crippen LogP contribution in [0.3, 0.4) is 0 Å². The molecule has 0 unspecified atom stereocenters. The molecule has 0 aliphatic rings. The summed E-state index contributed by atoms with van der Waals surface area (Å²) in [5.74, 6) is 3.58. The molecule has 0 aliphatic carbocycles. The number of benzene rings is 2. The van der Waals surface area contributed by atoms with Crippen LogP contribution >= 0.6 is 0 Å². The molecule has 0 bridgehead atoms. The molecule has 22 heavy (non-hydrogen) atoms. The van der Waals surface area contributed by atoms with Crippen molar-refractivity contribution in [3.8, 4) is 11.5 Å². The van der Waals surface area contributed by atoms with E-state index in [2.05, 4.69) is 95.5 Å². The smallest absolute Gasteiger partial charge is 0.125 e. The number of hydrogen-bond acceptors (Lipinski definition) is 0. The normalized spacial score (nSPS) is 12.0. The number of hydrogen-bond donors (Lipinski definition) is 0. The second kappa shape index (κ2) is 6.71. The first-order chi connectivity index (χ1) is 10.4. The number of rotatable bonds is 3. The van der Waals surface area contributed by atoms with Crippen molar-refractivity contribution in [3.05, 3.63) is 48.0 Å². The van der Waals surface area contributed by atoms with Crippen molar-refractivity contribution in [2.24, 2.45) is 0 Å². The lowest BCUT2D eigenvalue weighted by molar-refractivity contribution is 0.838. The van der Waals surface area contributed by atoms with E-state index < -0.39 is 8.07 Å². The van der Waals surface area contributed by atoms with E-state index in [4.69, 9.17) is 0 Å². The predicted molar refractivity (Wildman–Crippen MR) is 102 cm³/mol. The Balaban J connectivity index is 2.58. The van der Waals surface area contributed by atoms with Gasteiger partial charge in [0.05, 0.1) is 0 Å². The lowest BCUT2D eigenvalue weighted by atomic mass is 10.1. The summed E-state index contributed by atoms with van der Waals surface area (Å²) in [5.41, 5.74) is 7.03. The van der Waals surface area contributed by atoms with Gasteiger partial charge in [-0.1, -0.05) is 83.9 Å². The molecule has 116 valence electrons. The molecule has 0 heterocycles. The maximum atomic E-state index is 3.83. The molecule has 2 aromatic carbocycles. The zero-order valence-electron chi connectivity index (χ0n) is 14.8. The summed E-state index contributed by atoms with van der Waals surface area (Å²) in [5, 5.41) is 2.55. The van der Waals surface area contributed by atoms with Crippen LogP contribution in [0, 0.1) is 11.5 Å². The molecule has 0 radical (unpaired) electrons. The van der Waals surface area contributed by atoms with Crippen molar-refractivity contribution in [1.82, 2.24) is 0 Å². The standard InChI is InChI=1S/C21H28Si/c1-16(2)22(17(3)4,18(5)6)15-14-20-12-9-11-19-10-7-8-13-21(19)20/h7-13,16-18H,1-6H3. The van der Waals surface area contributed by atoms with Gasteiger partial charge < -0.3 is 0 Å². The van der Waals surface area contributed by atoms with Crippen LogP contribution in [0.1, 0.15) is 47.1 Å². The van der Waals surface area contributed by atoms with Crippen molar-refractivity contribution in [3.63, 3.8) is 0 Å². The van der Waals surface area contributed by atoms with E-state index in [1.54, 1.807) is 0 Å². The zero-order valence-corrected chi connectivity index (χ0v) is 15.8. The highest BCUT2D eigenvalue weighted by Crippen LogP contribution is 2.40. The van der Waals surface area contributed by atoms with Crippen molar-refractivity contribution in [1.29, 1.82) is 0 Å². The molecule has 0 fully saturated rings. The zero-order chi connectivity index (χ0) is 16.3. The van der Waals surface area contributed by atoms with Crippen LogP contribution in [-0.2, 0) is 0 Å². The summed E-state index contributed by atoms with van der Waals surface area (Å²) in [7, 11) is -1.66. The minimum atomic E-state index is -1.66. The van der Waals surface area contributed by atoms with Gasteiger partial charge in [0.15, 0.2) is 0 Å². The maximum absolute atomic E-state index is 3.83. The van der Waals surface area contributed by atoms with Crippen LogP contribution in [0.5, 0.6) is 0 Å². The summed E-state index contributed by atoms with van der Waals surface area (Å²) >= 11 is 0. The Kier molecular flexibility index (Phi) is 5.14. The topological polar surface area (TPSA) is 0 Å². The SMILES string of the molecule is CC(C)[Si](C#Cc1cccc2ccccc12)(C(C)C)C(C)C. The second-order valence-corrected chi connectivity index (χ2v) is 12.8. The molecule has 0 aliphatic heterocycles. The fourth-order valence-corrected chi connectivity index (χ4v) is 9.16. The van der Waals surface area contributed by atoms with Crippen molar-refractivity contribution in [2.45, 2.75) is 58.2 Å².